The van der Waals surface area contributed by atoms with Crippen LogP contribution in [0.1, 0.15) is 79.2 Å². The van der Waals surface area contributed by atoms with Crippen LogP contribution in [0.3, 0.4) is 0 Å². The van der Waals surface area contributed by atoms with Gasteiger partial charge in [-0.1, -0.05) is 64.5 Å². The topological polar surface area (TPSA) is 41.6 Å². The van der Waals surface area contributed by atoms with E-state index in [0.717, 1.165) is 32.4 Å². The molecular weight excluding hydrogens is 384 g/mol. The third-order valence-electron chi connectivity index (χ3n) is 5.52. The quantitative estimate of drug-likeness (QED) is 0.305. The minimum atomic E-state index is -0.276. The molecule has 2 rings (SSSR count). The number of anilines is 1. The molecule has 0 amide bonds. The molecule has 0 saturated carbocycles. The molecule has 0 aliphatic carbocycles. The van der Waals surface area contributed by atoms with Gasteiger partial charge in [0, 0.05) is 30.4 Å². The van der Waals surface area contributed by atoms with Crippen molar-refractivity contribution in [2.75, 3.05) is 25.5 Å². The summed E-state index contributed by atoms with van der Waals surface area (Å²) >= 11 is 0. The SMILES string of the molecule is C=CCCN(C)C(CCC)CC1=CCNc2ccccc21.CC.CCC(C)(C)OC=O. The monoisotopic (exact) mass is 430 g/mol. The van der Waals surface area contributed by atoms with Crippen LogP contribution in [0.5, 0.6) is 0 Å². The normalized spacial score (nSPS) is 13.2. The van der Waals surface area contributed by atoms with E-state index in [1.54, 1.807) is 0 Å². The van der Waals surface area contributed by atoms with Crippen LogP contribution in [0.25, 0.3) is 5.57 Å². The third-order valence-corrected chi connectivity index (χ3v) is 5.52. The summed E-state index contributed by atoms with van der Waals surface area (Å²) in [6, 6.07) is 9.27. The predicted octanol–water partition coefficient (Wildman–Crippen LogP) is 6.94. The average molecular weight is 431 g/mol. The summed E-state index contributed by atoms with van der Waals surface area (Å²) in [4.78, 5) is 12.3. The van der Waals surface area contributed by atoms with E-state index >= 15 is 0 Å². The Labute approximate surface area is 191 Å². The Balaban J connectivity index is 0.000000762. The van der Waals surface area contributed by atoms with Crippen molar-refractivity contribution in [1.29, 1.82) is 0 Å². The second-order valence-electron chi connectivity index (χ2n) is 8.19. The van der Waals surface area contributed by atoms with Crippen molar-refractivity contribution in [3.8, 4) is 0 Å². The number of nitrogens with one attached hydrogen (secondary N) is 1. The van der Waals surface area contributed by atoms with E-state index in [9.17, 15) is 4.79 Å². The van der Waals surface area contributed by atoms with Crippen LogP contribution in [0.4, 0.5) is 5.69 Å². The second kappa shape index (κ2) is 16.6. The van der Waals surface area contributed by atoms with Crippen LogP contribution in [-0.2, 0) is 9.53 Å². The van der Waals surface area contributed by atoms with Crippen molar-refractivity contribution in [3.05, 3.63) is 48.6 Å². The first-order chi connectivity index (χ1) is 14.9. The minimum absolute atomic E-state index is 0.276. The molecule has 0 radical (unpaired) electrons. The summed E-state index contributed by atoms with van der Waals surface area (Å²) in [7, 11) is 2.25. The van der Waals surface area contributed by atoms with Gasteiger partial charge in [-0.25, -0.2) is 0 Å². The molecule has 1 aliphatic rings. The summed E-state index contributed by atoms with van der Waals surface area (Å²) in [6.07, 6.45) is 9.90. The number of ether oxygens (including phenoxy) is 1. The maximum absolute atomic E-state index is 9.76. The van der Waals surface area contributed by atoms with Crippen molar-refractivity contribution < 1.29 is 9.53 Å². The lowest BCUT2D eigenvalue weighted by atomic mass is 9.92. The van der Waals surface area contributed by atoms with Gasteiger partial charge in [-0.05, 0) is 58.2 Å². The first kappa shape index (κ1) is 28.9. The van der Waals surface area contributed by atoms with Crippen molar-refractivity contribution in [2.24, 2.45) is 0 Å². The standard InChI is InChI=1S/C19H28N2.C6H12O2.C2H6/c1-4-6-14-21(3)17(9-5-2)15-16-12-13-20-19-11-8-7-10-18(16)19;1-4-6(2,3)8-5-7;1-2/h4,7-8,10-12,17,20H,1,5-6,9,13-15H2,2-3H3;5H,4H2,1-3H3;1-2H3. The predicted molar refractivity (Wildman–Crippen MR) is 137 cm³/mol. The number of carbonyl (C=O) groups is 1. The molecule has 1 atom stereocenters. The molecule has 1 heterocycles. The van der Waals surface area contributed by atoms with E-state index in [2.05, 4.69) is 61.1 Å². The number of hydrogen-bond donors (Lipinski definition) is 1. The smallest absolute Gasteiger partial charge is 0.293 e. The molecule has 1 aromatic carbocycles. The van der Waals surface area contributed by atoms with Crippen molar-refractivity contribution in [2.45, 2.75) is 85.3 Å². The maximum atomic E-state index is 9.76. The molecule has 1 N–H and O–H groups in total. The van der Waals surface area contributed by atoms with E-state index in [4.69, 9.17) is 4.74 Å². The van der Waals surface area contributed by atoms with Crippen LogP contribution in [0.2, 0.25) is 0 Å². The number of benzene rings is 1. The zero-order valence-electron chi connectivity index (χ0n) is 21.0. The molecule has 4 heteroatoms. The van der Waals surface area contributed by atoms with E-state index in [1.807, 2.05) is 40.7 Å². The third kappa shape index (κ3) is 11.2. The van der Waals surface area contributed by atoms with Gasteiger partial charge in [-0.15, -0.1) is 6.58 Å². The summed E-state index contributed by atoms with van der Waals surface area (Å²) < 4.78 is 4.70. The van der Waals surface area contributed by atoms with Crippen LogP contribution < -0.4 is 5.32 Å². The fraction of sp³-hybridized carbons (Fsp3) is 0.593. The van der Waals surface area contributed by atoms with Crippen molar-refractivity contribution >= 4 is 17.7 Å². The van der Waals surface area contributed by atoms with Crippen LogP contribution in [0, 0.1) is 0 Å². The summed E-state index contributed by atoms with van der Waals surface area (Å²) in [5, 5.41) is 3.46. The largest absolute Gasteiger partial charge is 0.462 e. The van der Waals surface area contributed by atoms with Gasteiger partial charge in [0.05, 0.1) is 0 Å². The zero-order chi connectivity index (χ0) is 23.7. The average Bonchev–Trinajstić information content (AvgIpc) is 2.79. The van der Waals surface area contributed by atoms with Gasteiger partial charge < -0.3 is 15.0 Å². The molecule has 0 saturated heterocycles. The molecule has 1 unspecified atom stereocenters. The van der Waals surface area contributed by atoms with Gasteiger partial charge >= 0.3 is 0 Å². The van der Waals surface area contributed by atoms with E-state index in [0.29, 0.717) is 12.5 Å². The highest BCUT2D eigenvalue weighted by molar-refractivity contribution is 5.79. The fourth-order valence-electron chi connectivity index (χ4n) is 3.26. The molecular formula is C27H46N2O2. The first-order valence-corrected chi connectivity index (χ1v) is 11.8. The number of carbonyl (C=O) groups excluding carboxylic acids is 1. The minimum Gasteiger partial charge on any atom is -0.462 e. The summed E-state index contributed by atoms with van der Waals surface area (Å²) in [5.41, 5.74) is 3.87. The lowest BCUT2D eigenvalue weighted by Crippen LogP contribution is -2.33. The van der Waals surface area contributed by atoms with Crippen molar-refractivity contribution in [1.82, 2.24) is 4.90 Å². The molecule has 0 bridgehead atoms. The Morgan fingerprint density at radius 2 is 1.94 bits per heavy atom. The molecule has 0 aromatic heterocycles. The summed E-state index contributed by atoms with van der Waals surface area (Å²) in [5.74, 6) is 0. The molecule has 0 fully saturated rings. The Kier molecular flexibility index (Phi) is 15.5. The van der Waals surface area contributed by atoms with Gasteiger partial charge in [-0.3, -0.25) is 4.79 Å². The Morgan fingerprint density at radius 1 is 1.26 bits per heavy atom. The van der Waals surface area contributed by atoms with E-state index in [-0.39, 0.29) is 5.60 Å². The van der Waals surface area contributed by atoms with Crippen LogP contribution >= 0.6 is 0 Å². The lowest BCUT2D eigenvalue weighted by Gasteiger charge is -2.30. The Morgan fingerprint density at radius 3 is 2.48 bits per heavy atom. The zero-order valence-corrected chi connectivity index (χ0v) is 21.0. The molecule has 0 spiro atoms. The molecule has 31 heavy (non-hydrogen) atoms. The Hall–Kier alpha value is -2.07. The second-order valence-corrected chi connectivity index (χ2v) is 8.19. The number of hydrogen-bond acceptors (Lipinski definition) is 4. The molecule has 176 valence electrons. The number of nitrogens with zero attached hydrogens (tertiary/aromatic N) is 1. The van der Waals surface area contributed by atoms with Gasteiger partial charge in [0.1, 0.15) is 5.60 Å². The van der Waals surface area contributed by atoms with Crippen LogP contribution in [0.15, 0.2) is 43.0 Å². The summed E-state index contributed by atoms with van der Waals surface area (Å²) in [6.45, 7) is 18.4. The van der Waals surface area contributed by atoms with Crippen LogP contribution in [-0.4, -0.2) is 43.2 Å². The van der Waals surface area contributed by atoms with Gasteiger partial charge in [0.2, 0.25) is 0 Å². The molecule has 1 aromatic rings. The molecule has 4 nitrogen and oxygen atoms in total. The van der Waals surface area contributed by atoms with Gasteiger partial charge in [0.25, 0.3) is 6.47 Å². The number of para-hydroxylation sites is 1. The van der Waals surface area contributed by atoms with Crippen molar-refractivity contribution in [3.63, 3.8) is 0 Å². The fourth-order valence-corrected chi connectivity index (χ4v) is 3.26. The Bertz CT molecular complexity index is 652. The van der Waals surface area contributed by atoms with E-state index in [1.165, 1.54) is 29.7 Å². The molecule has 1 aliphatic heterocycles. The highest BCUT2D eigenvalue weighted by Crippen LogP contribution is 2.31. The maximum Gasteiger partial charge on any atom is 0.293 e. The number of fused-ring (bicyclic) bond motifs is 1. The van der Waals surface area contributed by atoms with Gasteiger partial charge in [0.15, 0.2) is 0 Å². The first-order valence-electron chi connectivity index (χ1n) is 11.8. The number of rotatable bonds is 11. The van der Waals surface area contributed by atoms with E-state index < -0.39 is 0 Å². The lowest BCUT2D eigenvalue weighted by molar-refractivity contribution is -0.140. The van der Waals surface area contributed by atoms with Gasteiger partial charge in [-0.2, -0.15) is 0 Å². The highest BCUT2D eigenvalue weighted by atomic mass is 16.5. The highest BCUT2D eigenvalue weighted by Gasteiger charge is 2.19.